The molecular weight excluding hydrogens is 671 g/mol. The van der Waals surface area contributed by atoms with Gasteiger partial charge in [-0.05, 0) is 110 Å². The topological polar surface area (TPSA) is 96.8 Å². The highest BCUT2D eigenvalue weighted by atomic mass is 31.2. The van der Waals surface area contributed by atoms with Crippen LogP contribution < -0.4 is 19.6 Å². The summed E-state index contributed by atoms with van der Waals surface area (Å²) in [5.74, 6) is 0. The zero-order chi connectivity index (χ0) is 38.1. The van der Waals surface area contributed by atoms with Crippen molar-refractivity contribution >= 4 is 41.6 Å². The molecule has 52 heavy (non-hydrogen) atoms. The van der Waals surface area contributed by atoms with Crippen LogP contribution in [0.4, 0.5) is 27.5 Å². The molecule has 2 N–H and O–H groups in total. The third kappa shape index (κ3) is 9.15. The number of anilines is 4. The van der Waals surface area contributed by atoms with Crippen LogP contribution in [0.5, 0.6) is 0 Å². The van der Waals surface area contributed by atoms with E-state index in [9.17, 15) is 19.4 Å². The number of hydrogen-bond acceptors (Lipinski definition) is 7. The second-order valence-electron chi connectivity index (χ2n) is 12.9. The van der Waals surface area contributed by atoms with Crippen LogP contribution in [-0.4, -0.2) is 70.1 Å². The zero-order valence-corrected chi connectivity index (χ0v) is 32.5. The fraction of sp³-hybridized carbons (Fsp3) is 0.310. The first-order valence-electron chi connectivity index (χ1n) is 17.7. The molecule has 2 atom stereocenters. The van der Waals surface area contributed by atoms with E-state index in [0.29, 0.717) is 11.1 Å². The summed E-state index contributed by atoms with van der Waals surface area (Å²) in [6, 6.07) is 31.5. The molecule has 2 unspecified atom stereocenters. The van der Waals surface area contributed by atoms with E-state index in [0.717, 1.165) is 65.6 Å². The average molecular weight is 725 g/mol. The fourth-order valence-corrected chi connectivity index (χ4v) is 7.00. The highest BCUT2D eigenvalue weighted by Gasteiger charge is 2.44. The first kappa shape index (κ1) is 40.0. The number of carboxylic acid groups (broad SMARTS) is 1. The van der Waals surface area contributed by atoms with Crippen molar-refractivity contribution in [3.8, 4) is 0 Å². The molecule has 0 fully saturated rings. The lowest BCUT2D eigenvalue weighted by molar-refractivity contribution is 0.132. The molecule has 0 bridgehead atoms. The number of hydrogen-bond donors (Lipinski definition) is 2. The molecule has 276 valence electrons. The van der Waals surface area contributed by atoms with E-state index in [4.69, 9.17) is 4.52 Å². The van der Waals surface area contributed by atoms with Gasteiger partial charge in [-0.3, -0.25) is 4.52 Å². The zero-order valence-electron chi connectivity index (χ0n) is 31.7. The summed E-state index contributed by atoms with van der Waals surface area (Å²) in [4.78, 5) is 31.5. The minimum atomic E-state index is -5.19. The Balaban J connectivity index is 1.98. The van der Waals surface area contributed by atoms with E-state index >= 15 is 0 Å². The molecule has 4 aromatic rings. The quantitative estimate of drug-likeness (QED) is 0.0816. The summed E-state index contributed by atoms with van der Waals surface area (Å²) in [6.07, 6.45) is 5.40. The van der Waals surface area contributed by atoms with Crippen molar-refractivity contribution in [2.24, 2.45) is 0 Å². The van der Waals surface area contributed by atoms with Gasteiger partial charge in [0.25, 0.3) is 0 Å². The highest BCUT2D eigenvalue weighted by Crippen LogP contribution is 2.53. The largest absolute Gasteiger partial charge is 0.472 e. The summed E-state index contributed by atoms with van der Waals surface area (Å²) in [5.41, 5.74) is 4.22. The number of allylic oxidation sites excluding steroid dienone is 2. The molecule has 0 saturated heterocycles. The van der Waals surface area contributed by atoms with Crippen LogP contribution >= 0.6 is 7.60 Å². The summed E-state index contributed by atoms with van der Waals surface area (Å²) in [6.45, 7) is 11.8. The maximum absolute atomic E-state index is 13.3. The first-order chi connectivity index (χ1) is 24.8. The number of nitrogens with zero attached hydrogens (tertiary/aromatic N) is 4. The highest BCUT2D eigenvalue weighted by molar-refractivity contribution is 7.70. The lowest BCUT2D eigenvalue weighted by atomic mass is 9.85. The van der Waals surface area contributed by atoms with Crippen LogP contribution in [0.2, 0.25) is 0 Å². The summed E-state index contributed by atoms with van der Waals surface area (Å²) in [5, 5.41) is 9.87. The molecular formula is C42H53N4O5P. The summed E-state index contributed by atoms with van der Waals surface area (Å²) < 4.78 is 19.3. The van der Waals surface area contributed by atoms with Crippen molar-refractivity contribution in [2.45, 2.75) is 33.3 Å². The Kier molecular flexibility index (Phi) is 13.5. The second kappa shape index (κ2) is 17.6. The van der Waals surface area contributed by atoms with Gasteiger partial charge in [-0.2, -0.15) is 0 Å². The van der Waals surface area contributed by atoms with Gasteiger partial charge in [0.1, 0.15) is 5.60 Å². The Hall–Kier alpha value is -4.82. The third-order valence-electron chi connectivity index (χ3n) is 9.34. The predicted molar refractivity (Wildman–Crippen MR) is 217 cm³/mol. The lowest BCUT2D eigenvalue weighted by Crippen LogP contribution is -2.29. The van der Waals surface area contributed by atoms with E-state index in [1.54, 1.807) is 24.3 Å². The Bertz CT molecular complexity index is 1860. The van der Waals surface area contributed by atoms with E-state index in [1.165, 1.54) is 0 Å². The SMILES string of the molecule is CCN(CC)c1ccc(/C(=C\C=C\C(OP(=O)(O)C(=O)O)(c2ccc(N(C)C)cc2)c2ccc(N(CC)CC)cc2)c2ccc(N(C)C)cc2)cc1. The Morgan fingerprint density at radius 2 is 0.981 bits per heavy atom. The molecule has 10 heteroatoms. The van der Waals surface area contributed by atoms with Crippen LogP contribution in [-0.2, 0) is 14.7 Å². The molecule has 4 rings (SSSR count). The number of rotatable bonds is 17. The van der Waals surface area contributed by atoms with Crippen molar-refractivity contribution < 1.29 is 23.9 Å². The van der Waals surface area contributed by atoms with E-state index in [2.05, 4.69) is 86.0 Å². The summed E-state index contributed by atoms with van der Waals surface area (Å²) >= 11 is 0. The smallest absolute Gasteiger partial charge is 0.437 e. The van der Waals surface area contributed by atoms with E-state index < -0.39 is 18.9 Å². The second-order valence-corrected chi connectivity index (χ2v) is 14.5. The Morgan fingerprint density at radius 1 is 0.635 bits per heavy atom. The molecule has 0 aliphatic heterocycles. The number of benzene rings is 4. The van der Waals surface area contributed by atoms with Gasteiger partial charge >= 0.3 is 13.3 Å². The molecule has 0 amide bonds. The van der Waals surface area contributed by atoms with Gasteiger partial charge < -0.3 is 29.6 Å². The molecule has 0 aromatic heterocycles. The van der Waals surface area contributed by atoms with Gasteiger partial charge in [0.05, 0.1) is 0 Å². The maximum Gasteiger partial charge on any atom is 0.437 e. The van der Waals surface area contributed by atoms with Crippen molar-refractivity contribution in [2.75, 3.05) is 74.0 Å². The Morgan fingerprint density at radius 3 is 1.33 bits per heavy atom. The Labute approximate surface area is 309 Å². The van der Waals surface area contributed by atoms with Crippen molar-refractivity contribution in [1.82, 2.24) is 0 Å². The standard InChI is InChI=1S/C42H53N4O5P/c1-9-45(10-2)38-25-17-33(18-26-38)40(32-15-23-36(24-16-32)43(5)6)14-13-31-42(51-52(49,50)41(47)48,34-19-27-37(28-20-34)44(7)8)35-21-29-39(30-22-35)46(11-3)12-4/h13-31H,9-12H2,1-8H3,(H,47,48)(H,49,50)/b31-13+,40-14-. The molecule has 0 heterocycles. The van der Waals surface area contributed by atoms with Crippen molar-refractivity contribution in [3.63, 3.8) is 0 Å². The maximum atomic E-state index is 13.3. The fourth-order valence-electron chi connectivity index (χ4n) is 6.26. The van der Waals surface area contributed by atoms with Crippen LogP contribution in [0.15, 0.2) is 115 Å². The van der Waals surface area contributed by atoms with Crippen LogP contribution in [0.3, 0.4) is 0 Å². The van der Waals surface area contributed by atoms with Crippen molar-refractivity contribution in [1.29, 1.82) is 0 Å². The van der Waals surface area contributed by atoms with Gasteiger partial charge in [0.15, 0.2) is 0 Å². The third-order valence-corrected chi connectivity index (χ3v) is 10.4. The number of carbonyl (C=O) groups is 1. The predicted octanol–water partition coefficient (Wildman–Crippen LogP) is 9.32. The molecule has 0 aliphatic rings. The van der Waals surface area contributed by atoms with Crippen LogP contribution in [0.25, 0.3) is 5.57 Å². The molecule has 9 nitrogen and oxygen atoms in total. The normalized spacial score (nSPS) is 14.1. The van der Waals surface area contributed by atoms with Gasteiger partial charge in [-0.15, -0.1) is 0 Å². The van der Waals surface area contributed by atoms with Crippen LogP contribution in [0.1, 0.15) is 49.9 Å². The van der Waals surface area contributed by atoms with Gasteiger partial charge in [-0.1, -0.05) is 60.7 Å². The summed E-state index contributed by atoms with van der Waals surface area (Å²) in [7, 11) is 2.64. The van der Waals surface area contributed by atoms with Gasteiger partial charge in [0, 0.05) is 77.1 Å². The lowest BCUT2D eigenvalue weighted by Gasteiger charge is -2.33. The molecule has 0 saturated carbocycles. The molecule has 0 spiro atoms. The molecule has 0 aliphatic carbocycles. The van der Waals surface area contributed by atoms with E-state index in [-0.39, 0.29) is 0 Å². The average Bonchev–Trinajstić information content (AvgIpc) is 3.14. The monoisotopic (exact) mass is 724 g/mol. The van der Waals surface area contributed by atoms with Crippen molar-refractivity contribution in [3.05, 3.63) is 138 Å². The molecule has 0 radical (unpaired) electrons. The van der Waals surface area contributed by atoms with E-state index in [1.807, 2.05) is 80.5 Å². The van der Waals surface area contributed by atoms with Gasteiger partial charge in [0.2, 0.25) is 0 Å². The van der Waals surface area contributed by atoms with Crippen LogP contribution in [0, 0.1) is 0 Å². The minimum Gasteiger partial charge on any atom is -0.472 e. The minimum absolute atomic E-state index is 0.495. The first-order valence-corrected chi connectivity index (χ1v) is 19.3. The molecule has 4 aromatic carbocycles. The van der Waals surface area contributed by atoms with Gasteiger partial charge in [-0.25, -0.2) is 9.36 Å².